The molecule has 0 unspecified atom stereocenters. The van der Waals surface area contributed by atoms with E-state index in [4.69, 9.17) is 16.4 Å². The number of halogens is 4. The average molecular weight is 369 g/mol. The molecule has 9 heteroatoms. The summed E-state index contributed by atoms with van der Waals surface area (Å²) in [6.07, 6.45) is -2.26. The van der Waals surface area contributed by atoms with Crippen LogP contribution in [0.4, 0.5) is 14.6 Å². The molecule has 84 valence electrons. The van der Waals surface area contributed by atoms with Crippen LogP contribution in [-0.4, -0.2) is 13.4 Å². The molecule has 1 heterocycles. The zero-order chi connectivity index (χ0) is 11.8. The lowest BCUT2D eigenvalue weighted by molar-refractivity contribution is 0.147. The first-order valence-electron chi connectivity index (χ1n) is 3.42. The first kappa shape index (κ1) is 12.8. The maximum absolute atomic E-state index is 12.6. The lowest BCUT2D eigenvalue weighted by Crippen LogP contribution is -2.06. The predicted molar refractivity (Wildman–Crippen MR) is 59.4 cm³/mol. The second-order valence-electron chi connectivity index (χ2n) is 2.47. The van der Waals surface area contributed by atoms with Crippen LogP contribution in [0.2, 0.25) is 0 Å². The van der Waals surface area contributed by atoms with Crippen molar-refractivity contribution in [3.05, 3.63) is 15.3 Å². The largest absolute Gasteiger partial charge is 0.383 e. The molecular weight excluding hydrogens is 364 g/mol. The minimum atomic E-state index is -4.25. The standard InChI is InChI=1S/C6H4ClF2IN2O2S/c7-15(13,14)2-1-12-6(11)4(10)3(2)5(8)9/h1,5H,(H2,11,12). The van der Waals surface area contributed by atoms with Crippen molar-refractivity contribution in [3.63, 3.8) is 0 Å². The van der Waals surface area contributed by atoms with E-state index < -0.39 is 25.9 Å². The summed E-state index contributed by atoms with van der Waals surface area (Å²) < 4.78 is 47.0. The van der Waals surface area contributed by atoms with Gasteiger partial charge in [0.1, 0.15) is 10.7 Å². The molecule has 2 N–H and O–H groups in total. The highest BCUT2D eigenvalue weighted by atomic mass is 127. The summed E-state index contributed by atoms with van der Waals surface area (Å²) >= 11 is 1.50. The highest BCUT2D eigenvalue weighted by molar-refractivity contribution is 14.1. The topological polar surface area (TPSA) is 73.0 Å². The Morgan fingerprint density at radius 1 is 1.53 bits per heavy atom. The third kappa shape index (κ3) is 2.67. The summed E-state index contributed by atoms with van der Waals surface area (Å²) in [5, 5.41) is 0. The van der Waals surface area contributed by atoms with Crippen LogP contribution in [0.5, 0.6) is 0 Å². The van der Waals surface area contributed by atoms with Crippen LogP contribution in [0.1, 0.15) is 12.0 Å². The Morgan fingerprint density at radius 3 is 2.47 bits per heavy atom. The van der Waals surface area contributed by atoms with Crippen molar-refractivity contribution in [1.29, 1.82) is 0 Å². The van der Waals surface area contributed by atoms with Gasteiger partial charge in [-0.3, -0.25) is 0 Å². The van der Waals surface area contributed by atoms with Gasteiger partial charge < -0.3 is 5.73 Å². The van der Waals surface area contributed by atoms with E-state index in [2.05, 4.69) is 4.98 Å². The number of hydrogen-bond donors (Lipinski definition) is 1. The summed E-state index contributed by atoms with van der Waals surface area (Å²) in [4.78, 5) is 2.75. The van der Waals surface area contributed by atoms with E-state index in [1.165, 1.54) is 22.6 Å². The van der Waals surface area contributed by atoms with E-state index in [0.29, 0.717) is 0 Å². The monoisotopic (exact) mass is 368 g/mol. The fourth-order valence-electron chi connectivity index (χ4n) is 0.898. The van der Waals surface area contributed by atoms with Crippen LogP contribution >= 0.6 is 33.3 Å². The van der Waals surface area contributed by atoms with Gasteiger partial charge in [-0.05, 0) is 22.6 Å². The predicted octanol–water partition coefficient (Wildman–Crippen LogP) is 2.13. The van der Waals surface area contributed by atoms with Gasteiger partial charge in [0.25, 0.3) is 15.5 Å². The van der Waals surface area contributed by atoms with Crippen LogP contribution in [0, 0.1) is 3.57 Å². The molecule has 1 aromatic rings. The van der Waals surface area contributed by atoms with Gasteiger partial charge in [-0.1, -0.05) is 0 Å². The molecule has 0 fully saturated rings. The van der Waals surface area contributed by atoms with Crippen molar-refractivity contribution in [3.8, 4) is 0 Å². The van der Waals surface area contributed by atoms with E-state index in [0.717, 1.165) is 6.20 Å². The second kappa shape index (κ2) is 4.34. The quantitative estimate of drug-likeness (QED) is 0.641. The molecule has 0 saturated carbocycles. The van der Waals surface area contributed by atoms with Gasteiger partial charge >= 0.3 is 0 Å². The summed E-state index contributed by atoms with van der Waals surface area (Å²) in [5.41, 5.74) is 4.57. The maximum Gasteiger partial charge on any atom is 0.266 e. The van der Waals surface area contributed by atoms with Crippen LogP contribution in [0.15, 0.2) is 11.1 Å². The molecule has 15 heavy (non-hydrogen) atoms. The number of nitrogens with zero attached hydrogens (tertiary/aromatic N) is 1. The highest BCUT2D eigenvalue weighted by Crippen LogP contribution is 2.34. The fourth-order valence-corrected chi connectivity index (χ4v) is 2.75. The van der Waals surface area contributed by atoms with Crippen LogP contribution in [0.25, 0.3) is 0 Å². The van der Waals surface area contributed by atoms with Crippen LogP contribution < -0.4 is 5.73 Å². The normalized spacial score (nSPS) is 12.1. The number of aromatic nitrogens is 1. The van der Waals surface area contributed by atoms with Gasteiger partial charge in [-0.25, -0.2) is 22.2 Å². The van der Waals surface area contributed by atoms with Gasteiger partial charge in [-0.15, -0.1) is 0 Å². The van der Waals surface area contributed by atoms with E-state index in [1.807, 2.05) is 0 Å². The smallest absolute Gasteiger partial charge is 0.266 e. The lowest BCUT2D eigenvalue weighted by atomic mass is 10.3. The van der Waals surface area contributed by atoms with E-state index >= 15 is 0 Å². The van der Waals surface area contributed by atoms with E-state index in [1.54, 1.807) is 0 Å². The number of rotatable bonds is 2. The number of alkyl halides is 2. The second-order valence-corrected chi connectivity index (χ2v) is 6.09. The van der Waals surface area contributed by atoms with E-state index in [-0.39, 0.29) is 9.39 Å². The first-order chi connectivity index (χ1) is 6.75. The molecule has 0 radical (unpaired) electrons. The Hall–Kier alpha value is -0.220. The summed E-state index contributed by atoms with van der Waals surface area (Å²) in [6.45, 7) is 0. The first-order valence-corrected chi connectivity index (χ1v) is 6.80. The molecule has 4 nitrogen and oxygen atoms in total. The summed E-state index contributed by atoms with van der Waals surface area (Å²) in [7, 11) is 0.738. The Bertz CT molecular complexity index is 494. The summed E-state index contributed by atoms with van der Waals surface area (Å²) in [5.74, 6) is -0.157. The Balaban J connectivity index is 3.62. The van der Waals surface area contributed by atoms with Crippen molar-refractivity contribution >= 4 is 48.1 Å². The molecule has 0 aliphatic heterocycles. The van der Waals surface area contributed by atoms with Gasteiger partial charge in [0.15, 0.2) is 0 Å². The fraction of sp³-hybridized carbons (Fsp3) is 0.167. The lowest BCUT2D eigenvalue weighted by Gasteiger charge is -2.09. The molecule has 0 bridgehead atoms. The summed E-state index contributed by atoms with van der Waals surface area (Å²) in [6, 6.07) is 0. The van der Waals surface area contributed by atoms with Crippen molar-refractivity contribution in [2.75, 3.05) is 5.73 Å². The van der Waals surface area contributed by atoms with Crippen molar-refractivity contribution in [1.82, 2.24) is 4.98 Å². The third-order valence-corrected chi connectivity index (χ3v) is 4.01. The molecule has 0 amide bonds. The number of nitrogen functional groups attached to an aromatic ring is 1. The molecular formula is C6H4ClF2IN2O2S. The molecule has 0 aromatic carbocycles. The van der Waals surface area contributed by atoms with Crippen molar-refractivity contribution < 1.29 is 17.2 Å². The average Bonchev–Trinajstić information content (AvgIpc) is 2.06. The molecule has 0 spiro atoms. The zero-order valence-electron chi connectivity index (χ0n) is 6.92. The molecule has 0 aliphatic carbocycles. The molecule has 0 aliphatic rings. The number of nitrogens with two attached hydrogens (primary N) is 1. The van der Waals surface area contributed by atoms with Gasteiger partial charge in [0.05, 0.1) is 9.13 Å². The van der Waals surface area contributed by atoms with Crippen LogP contribution in [-0.2, 0) is 9.05 Å². The zero-order valence-corrected chi connectivity index (χ0v) is 10.6. The maximum atomic E-state index is 12.6. The number of hydrogen-bond acceptors (Lipinski definition) is 4. The van der Waals surface area contributed by atoms with E-state index in [9.17, 15) is 17.2 Å². The Kier molecular flexibility index (Phi) is 3.71. The third-order valence-electron chi connectivity index (χ3n) is 1.53. The minimum Gasteiger partial charge on any atom is -0.383 e. The van der Waals surface area contributed by atoms with Gasteiger partial charge in [-0.2, -0.15) is 0 Å². The van der Waals surface area contributed by atoms with Crippen molar-refractivity contribution in [2.45, 2.75) is 11.3 Å². The molecule has 1 aromatic heterocycles. The SMILES string of the molecule is Nc1ncc(S(=O)(=O)Cl)c(C(F)F)c1I. The van der Waals surface area contributed by atoms with Crippen LogP contribution in [0.3, 0.4) is 0 Å². The van der Waals surface area contributed by atoms with Gasteiger partial charge in [0.2, 0.25) is 0 Å². The molecule has 0 atom stereocenters. The Morgan fingerprint density at radius 2 is 2.07 bits per heavy atom. The minimum absolute atomic E-state index is 0.107. The Labute approximate surface area is 102 Å². The van der Waals surface area contributed by atoms with Gasteiger partial charge in [0, 0.05) is 16.9 Å². The molecule has 0 saturated heterocycles. The number of anilines is 1. The van der Waals surface area contributed by atoms with Crippen molar-refractivity contribution in [2.24, 2.45) is 0 Å². The molecule has 1 rings (SSSR count). The highest BCUT2D eigenvalue weighted by Gasteiger charge is 2.26. The number of pyridine rings is 1.